The first kappa shape index (κ1) is 14.6. The predicted molar refractivity (Wildman–Crippen MR) is 78.3 cm³/mol. The molecule has 0 saturated heterocycles. The van der Waals surface area contributed by atoms with E-state index in [0.29, 0.717) is 12.1 Å². The highest BCUT2D eigenvalue weighted by Gasteiger charge is 2.40. The molecule has 1 aliphatic heterocycles. The third kappa shape index (κ3) is 2.84. The van der Waals surface area contributed by atoms with E-state index in [1.54, 1.807) is 12.1 Å². The highest BCUT2D eigenvalue weighted by molar-refractivity contribution is 6.69. The molecule has 0 fully saturated rings. The van der Waals surface area contributed by atoms with Gasteiger partial charge in [-0.15, -0.1) is 0 Å². The van der Waals surface area contributed by atoms with E-state index in [1.165, 1.54) is 4.90 Å². The van der Waals surface area contributed by atoms with Gasteiger partial charge in [0, 0.05) is 0 Å². The largest absolute Gasteiger partial charge is 0.465 e. The van der Waals surface area contributed by atoms with Crippen molar-refractivity contribution >= 4 is 20.1 Å². The van der Waals surface area contributed by atoms with Crippen molar-refractivity contribution in [1.29, 1.82) is 5.26 Å². The Hall–Kier alpha value is -1.84. The van der Waals surface area contributed by atoms with Gasteiger partial charge in [-0.1, -0.05) is 18.2 Å². The van der Waals surface area contributed by atoms with Crippen LogP contribution in [-0.4, -0.2) is 31.7 Å². The number of amides is 1. The van der Waals surface area contributed by atoms with Crippen molar-refractivity contribution in [2.45, 2.75) is 38.2 Å². The van der Waals surface area contributed by atoms with Crippen LogP contribution < -0.4 is 4.90 Å². The lowest BCUT2D eigenvalue weighted by Crippen LogP contribution is -2.48. The third-order valence-corrected chi connectivity index (χ3v) is 4.14. The van der Waals surface area contributed by atoms with Crippen LogP contribution in [0.5, 0.6) is 0 Å². The highest BCUT2D eigenvalue weighted by atomic mass is 28.4. The van der Waals surface area contributed by atoms with Crippen LogP contribution in [0.3, 0.4) is 0 Å². The van der Waals surface area contributed by atoms with Crippen molar-refractivity contribution in [1.82, 2.24) is 0 Å². The molecule has 0 saturated carbocycles. The summed E-state index contributed by atoms with van der Waals surface area (Å²) in [6, 6.07) is 9.00. The number of benzene rings is 1. The van der Waals surface area contributed by atoms with Crippen molar-refractivity contribution in [3.05, 3.63) is 29.8 Å². The quantitative estimate of drug-likeness (QED) is 0.869. The van der Waals surface area contributed by atoms with Crippen molar-refractivity contribution < 1.29 is 14.3 Å². The first-order valence-corrected chi connectivity index (χ1v) is 9.92. The summed E-state index contributed by atoms with van der Waals surface area (Å²) in [7, 11) is -1.92. The van der Waals surface area contributed by atoms with Gasteiger partial charge in [0.1, 0.15) is 0 Å². The summed E-state index contributed by atoms with van der Waals surface area (Å²) in [6.45, 7) is 5.97. The van der Waals surface area contributed by atoms with E-state index < -0.39 is 26.6 Å². The number of nitrogens with zero attached hydrogens (tertiary/aromatic N) is 2. The van der Waals surface area contributed by atoms with Gasteiger partial charge in [0.2, 0.25) is 0 Å². The monoisotopic (exact) mass is 290 g/mol. The molecule has 0 bridgehead atoms. The van der Waals surface area contributed by atoms with Crippen LogP contribution in [0.15, 0.2) is 24.3 Å². The Kier molecular flexibility index (Phi) is 3.84. The van der Waals surface area contributed by atoms with Gasteiger partial charge in [-0.2, -0.15) is 5.26 Å². The molecule has 1 aromatic carbocycles. The first-order chi connectivity index (χ1) is 9.33. The summed E-state index contributed by atoms with van der Waals surface area (Å²) in [5.41, 5.74) is 1.60. The smallest absolute Gasteiger partial charge is 0.412 e. The molecule has 2 atom stereocenters. The fraction of sp³-hybridized carbons (Fsp3) is 0.429. The number of hydrogen-bond acceptors (Lipinski definition) is 3. The van der Waals surface area contributed by atoms with Crippen LogP contribution in [0.1, 0.15) is 5.56 Å². The average molecular weight is 290 g/mol. The van der Waals surface area contributed by atoms with Gasteiger partial charge < -0.3 is 9.53 Å². The summed E-state index contributed by atoms with van der Waals surface area (Å²) < 4.78 is 5.86. The SMILES string of the molecule is C[Si](C)(C)OC(C#N)C1Cc2ccccc2N1C(=O)O. The molecule has 2 rings (SSSR count). The molecule has 20 heavy (non-hydrogen) atoms. The Bertz CT molecular complexity index is 562. The Morgan fingerprint density at radius 1 is 1.50 bits per heavy atom. The van der Waals surface area contributed by atoms with Crippen molar-refractivity contribution in [3.63, 3.8) is 0 Å². The van der Waals surface area contributed by atoms with Crippen LogP contribution in [0.2, 0.25) is 19.6 Å². The zero-order chi connectivity index (χ0) is 14.9. The van der Waals surface area contributed by atoms with Crippen molar-refractivity contribution in [2.75, 3.05) is 4.90 Å². The van der Waals surface area contributed by atoms with E-state index in [0.717, 1.165) is 5.56 Å². The van der Waals surface area contributed by atoms with Gasteiger partial charge in [0.05, 0.1) is 17.8 Å². The lowest BCUT2D eigenvalue weighted by atomic mass is 10.1. The first-order valence-electron chi connectivity index (χ1n) is 6.51. The summed E-state index contributed by atoms with van der Waals surface area (Å²) in [6.07, 6.45) is -1.25. The molecule has 0 aromatic heterocycles. The molecule has 1 aliphatic rings. The fourth-order valence-corrected chi connectivity index (χ4v) is 3.44. The molecular formula is C14H18N2O3Si. The number of carbonyl (C=O) groups is 1. The third-order valence-electron chi connectivity index (χ3n) is 3.18. The Labute approximate surface area is 119 Å². The van der Waals surface area contributed by atoms with Gasteiger partial charge in [-0.3, -0.25) is 4.90 Å². The van der Waals surface area contributed by atoms with Gasteiger partial charge in [0.25, 0.3) is 0 Å². The zero-order valence-corrected chi connectivity index (χ0v) is 12.8. The second-order valence-corrected chi connectivity index (χ2v) is 10.3. The number of nitriles is 1. The van der Waals surface area contributed by atoms with Crippen LogP contribution >= 0.6 is 0 Å². The van der Waals surface area contributed by atoms with Gasteiger partial charge in [0.15, 0.2) is 14.4 Å². The molecule has 6 heteroatoms. The van der Waals surface area contributed by atoms with Crippen LogP contribution in [-0.2, 0) is 10.8 Å². The van der Waals surface area contributed by atoms with Crippen LogP contribution in [0.25, 0.3) is 0 Å². The van der Waals surface area contributed by atoms with Gasteiger partial charge >= 0.3 is 6.09 Å². The maximum atomic E-state index is 11.5. The molecule has 5 nitrogen and oxygen atoms in total. The topological polar surface area (TPSA) is 73.6 Å². The molecule has 1 N–H and O–H groups in total. The normalized spacial score (nSPS) is 19.3. The minimum absolute atomic E-state index is 0.471. The lowest BCUT2D eigenvalue weighted by molar-refractivity contribution is 0.181. The molecule has 106 valence electrons. The minimum atomic E-state index is -1.92. The average Bonchev–Trinajstić information content (AvgIpc) is 2.73. The Morgan fingerprint density at radius 3 is 2.70 bits per heavy atom. The minimum Gasteiger partial charge on any atom is -0.465 e. The molecule has 0 radical (unpaired) electrons. The summed E-state index contributed by atoms with van der Waals surface area (Å²) in [5.74, 6) is 0. The molecule has 1 aromatic rings. The number of rotatable bonds is 3. The summed E-state index contributed by atoms with van der Waals surface area (Å²) >= 11 is 0. The van der Waals surface area contributed by atoms with Gasteiger partial charge in [-0.05, 0) is 37.7 Å². The predicted octanol–water partition coefficient (Wildman–Crippen LogP) is 2.84. The van der Waals surface area contributed by atoms with E-state index >= 15 is 0 Å². The Balaban J connectivity index is 2.33. The van der Waals surface area contributed by atoms with Crippen molar-refractivity contribution in [2.24, 2.45) is 0 Å². The summed E-state index contributed by atoms with van der Waals surface area (Å²) in [5, 5.41) is 18.8. The van der Waals surface area contributed by atoms with Crippen molar-refractivity contribution in [3.8, 4) is 6.07 Å². The zero-order valence-electron chi connectivity index (χ0n) is 11.8. The summed E-state index contributed by atoms with van der Waals surface area (Å²) in [4.78, 5) is 12.8. The molecule has 1 amide bonds. The fourth-order valence-electron chi connectivity index (χ4n) is 2.47. The second kappa shape index (κ2) is 5.27. The Morgan fingerprint density at radius 2 is 2.15 bits per heavy atom. The lowest BCUT2D eigenvalue weighted by Gasteiger charge is -2.30. The maximum Gasteiger partial charge on any atom is 0.412 e. The highest BCUT2D eigenvalue weighted by Crippen LogP contribution is 2.34. The number of para-hydroxylation sites is 1. The van der Waals surface area contributed by atoms with E-state index in [4.69, 9.17) is 4.43 Å². The standard InChI is InChI=1S/C14H18N2O3Si/c1-20(2,3)19-13(9-15)12-8-10-6-4-5-7-11(10)16(12)14(17)18/h4-7,12-13H,8H2,1-3H3,(H,17,18). The van der Waals surface area contributed by atoms with E-state index in [-0.39, 0.29) is 0 Å². The number of anilines is 1. The van der Waals surface area contributed by atoms with E-state index in [1.807, 2.05) is 31.8 Å². The second-order valence-electron chi connectivity index (χ2n) is 5.83. The van der Waals surface area contributed by atoms with E-state index in [2.05, 4.69) is 6.07 Å². The molecule has 1 heterocycles. The maximum absolute atomic E-state index is 11.5. The number of fused-ring (bicyclic) bond motifs is 1. The van der Waals surface area contributed by atoms with Crippen LogP contribution in [0.4, 0.5) is 10.5 Å². The molecule has 2 unspecified atom stereocenters. The van der Waals surface area contributed by atoms with E-state index in [9.17, 15) is 15.2 Å². The van der Waals surface area contributed by atoms with Gasteiger partial charge in [-0.25, -0.2) is 4.79 Å². The number of carboxylic acid groups (broad SMARTS) is 1. The number of hydrogen-bond donors (Lipinski definition) is 1. The molecular weight excluding hydrogens is 272 g/mol. The molecule has 0 spiro atoms. The van der Waals surface area contributed by atoms with Crippen LogP contribution in [0, 0.1) is 11.3 Å². The molecule has 0 aliphatic carbocycles.